The average Bonchev–Trinajstić information content (AvgIpc) is 3.45. The summed E-state index contributed by atoms with van der Waals surface area (Å²) < 4.78 is 7.55. The summed E-state index contributed by atoms with van der Waals surface area (Å²) in [5, 5.41) is 5.87. The third kappa shape index (κ3) is 4.03. The van der Waals surface area contributed by atoms with Gasteiger partial charge in [-0.25, -0.2) is 15.0 Å². The summed E-state index contributed by atoms with van der Waals surface area (Å²) in [6, 6.07) is 7.38. The standard InChI is InChI=1S/C22H22ClN7O2/c1-28-21-17(12-27-28)22(26-14-25-21)30-10-8-29(9-11-30)20(31)7-6-19-24-13-18(32-19)15-2-4-16(23)5-3-15/h2-5,12-14H,6-11H2,1H3. The number of benzene rings is 1. The Labute approximate surface area is 189 Å². The average molecular weight is 452 g/mol. The van der Waals surface area contributed by atoms with Crippen LogP contribution in [-0.4, -0.2) is 61.7 Å². The lowest BCUT2D eigenvalue weighted by Gasteiger charge is -2.35. The molecule has 0 aliphatic carbocycles. The fourth-order valence-corrected chi connectivity index (χ4v) is 4.04. The molecule has 1 amide bonds. The summed E-state index contributed by atoms with van der Waals surface area (Å²) in [5.41, 5.74) is 1.71. The molecule has 32 heavy (non-hydrogen) atoms. The smallest absolute Gasteiger partial charge is 0.223 e. The van der Waals surface area contributed by atoms with E-state index in [4.69, 9.17) is 16.0 Å². The van der Waals surface area contributed by atoms with E-state index in [1.165, 1.54) is 0 Å². The molecule has 1 fully saturated rings. The van der Waals surface area contributed by atoms with E-state index >= 15 is 0 Å². The molecule has 0 spiro atoms. The van der Waals surface area contributed by atoms with Gasteiger partial charge in [0.1, 0.15) is 12.1 Å². The van der Waals surface area contributed by atoms with Crippen molar-refractivity contribution >= 4 is 34.4 Å². The summed E-state index contributed by atoms with van der Waals surface area (Å²) in [6.45, 7) is 2.72. The predicted octanol–water partition coefficient (Wildman–Crippen LogP) is 2.95. The first-order chi connectivity index (χ1) is 15.6. The van der Waals surface area contributed by atoms with Gasteiger partial charge in [0.25, 0.3) is 0 Å². The summed E-state index contributed by atoms with van der Waals surface area (Å²) in [6.07, 6.45) is 5.86. The lowest BCUT2D eigenvalue weighted by Crippen LogP contribution is -2.49. The fraction of sp³-hybridized carbons (Fsp3) is 0.318. The molecule has 0 atom stereocenters. The van der Waals surface area contributed by atoms with Gasteiger partial charge in [0.2, 0.25) is 5.91 Å². The highest BCUT2D eigenvalue weighted by atomic mass is 35.5. The van der Waals surface area contributed by atoms with Crippen molar-refractivity contribution in [2.75, 3.05) is 31.1 Å². The van der Waals surface area contributed by atoms with E-state index in [1.807, 2.05) is 36.2 Å². The molecule has 3 aromatic heterocycles. The number of aryl methyl sites for hydroxylation is 2. The summed E-state index contributed by atoms with van der Waals surface area (Å²) in [7, 11) is 1.86. The molecule has 9 nitrogen and oxygen atoms in total. The van der Waals surface area contributed by atoms with Gasteiger partial charge in [0, 0.05) is 56.7 Å². The molecule has 5 rings (SSSR count). The predicted molar refractivity (Wildman–Crippen MR) is 120 cm³/mol. The first-order valence-electron chi connectivity index (χ1n) is 10.4. The summed E-state index contributed by atoms with van der Waals surface area (Å²) in [5.74, 6) is 2.20. The molecule has 0 N–H and O–H groups in total. The molecule has 1 aromatic carbocycles. The molecular weight excluding hydrogens is 430 g/mol. The summed E-state index contributed by atoms with van der Waals surface area (Å²) >= 11 is 5.93. The van der Waals surface area contributed by atoms with Gasteiger partial charge in [-0.1, -0.05) is 11.6 Å². The number of hydrogen-bond acceptors (Lipinski definition) is 7. The van der Waals surface area contributed by atoms with Crippen LogP contribution in [0, 0.1) is 0 Å². The van der Waals surface area contributed by atoms with Crippen molar-refractivity contribution in [3.05, 3.63) is 53.9 Å². The van der Waals surface area contributed by atoms with E-state index in [-0.39, 0.29) is 5.91 Å². The van der Waals surface area contributed by atoms with Crippen LogP contribution in [-0.2, 0) is 18.3 Å². The zero-order chi connectivity index (χ0) is 22.1. The molecule has 4 heterocycles. The number of aromatic nitrogens is 5. The second-order valence-corrected chi connectivity index (χ2v) is 8.13. The van der Waals surface area contributed by atoms with Crippen molar-refractivity contribution < 1.29 is 9.21 Å². The van der Waals surface area contributed by atoms with Crippen LogP contribution in [0.1, 0.15) is 12.3 Å². The van der Waals surface area contributed by atoms with E-state index in [0.29, 0.717) is 55.7 Å². The van der Waals surface area contributed by atoms with E-state index < -0.39 is 0 Å². The van der Waals surface area contributed by atoms with Crippen molar-refractivity contribution in [2.24, 2.45) is 7.05 Å². The number of amides is 1. The zero-order valence-corrected chi connectivity index (χ0v) is 18.4. The van der Waals surface area contributed by atoms with Crippen LogP contribution in [0.2, 0.25) is 5.02 Å². The van der Waals surface area contributed by atoms with Gasteiger partial charge in [-0.3, -0.25) is 9.48 Å². The normalized spacial score (nSPS) is 14.3. The Kier molecular flexibility index (Phi) is 5.48. The SMILES string of the molecule is Cn1ncc2c(N3CCN(C(=O)CCc4ncc(-c5ccc(Cl)cc5)o4)CC3)ncnc21. The maximum Gasteiger partial charge on any atom is 0.223 e. The van der Waals surface area contributed by atoms with Crippen LogP contribution in [0.15, 0.2) is 47.4 Å². The maximum atomic E-state index is 12.7. The Hall–Kier alpha value is -3.46. The number of anilines is 1. The van der Waals surface area contributed by atoms with E-state index in [9.17, 15) is 4.79 Å². The number of fused-ring (bicyclic) bond motifs is 1. The second-order valence-electron chi connectivity index (χ2n) is 7.70. The third-order valence-corrected chi connectivity index (χ3v) is 5.93. The minimum absolute atomic E-state index is 0.102. The van der Waals surface area contributed by atoms with Gasteiger partial charge < -0.3 is 14.2 Å². The van der Waals surface area contributed by atoms with Crippen molar-refractivity contribution in [1.82, 2.24) is 29.6 Å². The third-order valence-electron chi connectivity index (χ3n) is 5.68. The minimum Gasteiger partial charge on any atom is -0.441 e. The van der Waals surface area contributed by atoms with Gasteiger partial charge >= 0.3 is 0 Å². The Bertz CT molecular complexity index is 1240. The molecule has 0 saturated carbocycles. The van der Waals surface area contributed by atoms with Crippen molar-refractivity contribution in [1.29, 1.82) is 0 Å². The number of nitrogens with zero attached hydrogens (tertiary/aromatic N) is 7. The van der Waals surface area contributed by atoms with E-state index in [0.717, 1.165) is 22.4 Å². The molecule has 164 valence electrons. The molecule has 0 bridgehead atoms. The molecule has 1 saturated heterocycles. The Morgan fingerprint density at radius 2 is 1.84 bits per heavy atom. The second kappa shape index (κ2) is 8.58. The highest BCUT2D eigenvalue weighted by molar-refractivity contribution is 6.30. The van der Waals surface area contributed by atoms with Crippen LogP contribution in [0.4, 0.5) is 5.82 Å². The summed E-state index contributed by atoms with van der Waals surface area (Å²) in [4.78, 5) is 29.9. The van der Waals surface area contributed by atoms with Gasteiger partial charge in [-0.15, -0.1) is 0 Å². The molecule has 0 unspecified atom stereocenters. The quantitative estimate of drug-likeness (QED) is 0.460. The number of carbonyl (C=O) groups excluding carboxylic acids is 1. The van der Waals surface area contributed by atoms with Crippen molar-refractivity contribution in [3.63, 3.8) is 0 Å². The number of halogens is 1. The Morgan fingerprint density at radius 3 is 2.62 bits per heavy atom. The van der Waals surface area contributed by atoms with Crippen LogP contribution >= 0.6 is 11.6 Å². The van der Waals surface area contributed by atoms with Crippen molar-refractivity contribution in [2.45, 2.75) is 12.8 Å². The molecule has 0 radical (unpaired) electrons. The topological polar surface area (TPSA) is 93.2 Å². The van der Waals surface area contributed by atoms with E-state index in [2.05, 4.69) is 25.0 Å². The van der Waals surface area contributed by atoms with Crippen LogP contribution in [0.25, 0.3) is 22.4 Å². The van der Waals surface area contributed by atoms with Crippen LogP contribution < -0.4 is 4.90 Å². The molecule has 4 aromatic rings. The Balaban J connectivity index is 1.16. The Morgan fingerprint density at radius 1 is 1.06 bits per heavy atom. The monoisotopic (exact) mass is 451 g/mol. The molecule has 1 aliphatic heterocycles. The fourth-order valence-electron chi connectivity index (χ4n) is 3.91. The van der Waals surface area contributed by atoms with Gasteiger partial charge in [0.15, 0.2) is 17.3 Å². The number of rotatable bonds is 5. The number of piperazine rings is 1. The van der Waals surface area contributed by atoms with Gasteiger partial charge in [0.05, 0.1) is 17.8 Å². The molecule has 1 aliphatic rings. The first kappa shape index (κ1) is 20.4. The minimum atomic E-state index is 0.102. The van der Waals surface area contributed by atoms with Gasteiger partial charge in [-0.05, 0) is 24.3 Å². The molecular formula is C22H22ClN7O2. The van der Waals surface area contributed by atoms with Gasteiger partial charge in [-0.2, -0.15) is 5.10 Å². The number of carbonyl (C=O) groups is 1. The zero-order valence-electron chi connectivity index (χ0n) is 17.6. The van der Waals surface area contributed by atoms with Crippen LogP contribution in [0.3, 0.4) is 0 Å². The molecule has 10 heteroatoms. The lowest BCUT2D eigenvalue weighted by atomic mass is 10.2. The van der Waals surface area contributed by atoms with Crippen molar-refractivity contribution in [3.8, 4) is 11.3 Å². The highest BCUT2D eigenvalue weighted by Crippen LogP contribution is 2.24. The lowest BCUT2D eigenvalue weighted by molar-refractivity contribution is -0.131. The largest absolute Gasteiger partial charge is 0.441 e. The first-order valence-corrected chi connectivity index (χ1v) is 10.8. The highest BCUT2D eigenvalue weighted by Gasteiger charge is 2.24. The maximum absolute atomic E-state index is 12.7. The number of oxazole rings is 1. The number of hydrogen-bond donors (Lipinski definition) is 0. The van der Waals surface area contributed by atoms with Crippen LogP contribution in [0.5, 0.6) is 0 Å². The van der Waals surface area contributed by atoms with E-state index in [1.54, 1.807) is 23.4 Å².